The second-order valence-corrected chi connectivity index (χ2v) is 6.99. The first-order valence-electron chi connectivity index (χ1n) is 6.35. The topological polar surface area (TPSA) is 87.1 Å². The zero-order valence-electron chi connectivity index (χ0n) is 11.2. The molecule has 0 amide bonds. The summed E-state index contributed by atoms with van der Waals surface area (Å²) in [7, 11) is -2.15. The Hall–Kier alpha value is -0.990. The lowest BCUT2D eigenvalue weighted by atomic mass is 10.1. The SMILES string of the molecule is CN1[C@@H](COCc2ccccc2)[C@H](O)[C@H](O)CS1(=O)=O. The summed E-state index contributed by atoms with van der Waals surface area (Å²) in [4.78, 5) is 0. The number of hydrogen-bond donors (Lipinski definition) is 2. The monoisotopic (exact) mass is 301 g/mol. The minimum absolute atomic E-state index is 0.0306. The smallest absolute Gasteiger partial charge is 0.216 e. The number of rotatable bonds is 4. The maximum atomic E-state index is 11.8. The van der Waals surface area contributed by atoms with Gasteiger partial charge in [0, 0.05) is 7.05 Å². The number of aliphatic hydroxyl groups is 2. The third-order valence-corrected chi connectivity index (χ3v) is 5.39. The summed E-state index contributed by atoms with van der Waals surface area (Å²) >= 11 is 0. The van der Waals surface area contributed by atoms with Crippen LogP contribution >= 0.6 is 0 Å². The quantitative estimate of drug-likeness (QED) is 0.788. The summed E-state index contributed by atoms with van der Waals surface area (Å²) in [5, 5.41) is 19.5. The average Bonchev–Trinajstić information content (AvgIpc) is 2.41. The highest BCUT2D eigenvalue weighted by atomic mass is 32.2. The molecule has 1 heterocycles. The van der Waals surface area contributed by atoms with E-state index >= 15 is 0 Å². The van der Waals surface area contributed by atoms with Crippen molar-refractivity contribution in [3.8, 4) is 0 Å². The fraction of sp³-hybridized carbons (Fsp3) is 0.538. The van der Waals surface area contributed by atoms with Crippen molar-refractivity contribution >= 4 is 10.0 Å². The van der Waals surface area contributed by atoms with Gasteiger partial charge < -0.3 is 14.9 Å². The number of hydrogen-bond acceptors (Lipinski definition) is 5. The van der Waals surface area contributed by atoms with Crippen LogP contribution in [0.15, 0.2) is 30.3 Å². The number of likely N-dealkylation sites (N-methyl/N-ethyl adjacent to an activating group) is 1. The molecule has 1 fully saturated rings. The first-order chi connectivity index (χ1) is 9.42. The predicted octanol–water partition coefficient (Wildman–Crippen LogP) is -0.431. The Bertz CT molecular complexity index is 533. The minimum Gasteiger partial charge on any atom is -0.389 e. The second-order valence-electron chi connectivity index (χ2n) is 4.92. The molecular weight excluding hydrogens is 282 g/mol. The number of ether oxygens (including phenoxy) is 1. The summed E-state index contributed by atoms with van der Waals surface area (Å²) in [6.45, 7) is 0.358. The molecule has 2 N–H and O–H groups in total. The molecule has 0 bridgehead atoms. The number of benzene rings is 1. The Labute approximate surface area is 118 Å². The van der Waals surface area contributed by atoms with Gasteiger partial charge in [-0.05, 0) is 5.56 Å². The Morgan fingerprint density at radius 3 is 2.60 bits per heavy atom. The molecule has 3 atom stereocenters. The lowest BCUT2D eigenvalue weighted by molar-refractivity contribution is -0.0469. The predicted molar refractivity (Wildman–Crippen MR) is 73.4 cm³/mol. The Morgan fingerprint density at radius 2 is 1.95 bits per heavy atom. The molecule has 1 aliphatic rings. The summed E-state index contributed by atoms with van der Waals surface area (Å²) in [6.07, 6.45) is -2.42. The lowest BCUT2D eigenvalue weighted by Gasteiger charge is -2.38. The Kier molecular flexibility index (Phi) is 4.77. The van der Waals surface area contributed by atoms with E-state index in [1.165, 1.54) is 7.05 Å². The van der Waals surface area contributed by atoms with Crippen molar-refractivity contribution in [3.63, 3.8) is 0 Å². The van der Waals surface area contributed by atoms with E-state index in [1.54, 1.807) is 0 Å². The van der Waals surface area contributed by atoms with E-state index in [1.807, 2.05) is 30.3 Å². The van der Waals surface area contributed by atoms with E-state index in [2.05, 4.69) is 0 Å². The van der Waals surface area contributed by atoms with Gasteiger partial charge in [-0.15, -0.1) is 0 Å². The molecule has 6 nitrogen and oxygen atoms in total. The van der Waals surface area contributed by atoms with Gasteiger partial charge in [0.2, 0.25) is 10.0 Å². The molecule has 112 valence electrons. The highest BCUT2D eigenvalue weighted by molar-refractivity contribution is 7.89. The van der Waals surface area contributed by atoms with Crippen LogP contribution in [0.2, 0.25) is 0 Å². The van der Waals surface area contributed by atoms with Crippen molar-refractivity contribution in [3.05, 3.63) is 35.9 Å². The van der Waals surface area contributed by atoms with Crippen LogP contribution in [0.25, 0.3) is 0 Å². The van der Waals surface area contributed by atoms with Gasteiger partial charge in [0.15, 0.2) is 0 Å². The molecule has 0 aliphatic carbocycles. The third kappa shape index (κ3) is 3.36. The maximum absolute atomic E-state index is 11.8. The molecule has 0 saturated carbocycles. The largest absolute Gasteiger partial charge is 0.389 e. The van der Waals surface area contributed by atoms with E-state index in [9.17, 15) is 18.6 Å². The van der Waals surface area contributed by atoms with Gasteiger partial charge in [-0.2, -0.15) is 4.31 Å². The van der Waals surface area contributed by atoms with Crippen molar-refractivity contribution in [2.45, 2.75) is 24.9 Å². The third-order valence-electron chi connectivity index (χ3n) is 3.48. The molecule has 0 aromatic heterocycles. The summed E-state index contributed by atoms with van der Waals surface area (Å²) in [5.74, 6) is -0.458. The van der Waals surface area contributed by atoms with E-state index < -0.39 is 34.0 Å². The van der Waals surface area contributed by atoms with Crippen molar-refractivity contribution in [2.75, 3.05) is 19.4 Å². The van der Waals surface area contributed by atoms with Gasteiger partial charge in [-0.1, -0.05) is 30.3 Å². The Balaban J connectivity index is 1.96. The maximum Gasteiger partial charge on any atom is 0.216 e. The molecule has 0 unspecified atom stereocenters. The van der Waals surface area contributed by atoms with Gasteiger partial charge in [-0.25, -0.2) is 8.42 Å². The number of nitrogens with zero attached hydrogens (tertiary/aromatic N) is 1. The van der Waals surface area contributed by atoms with E-state index in [0.717, 1.165) is 9.87 Å². The highest BCUT2D eigenvalue weighted by Gasteiger charge is 2.42. The second kappa shape index (κ2) is 6.19. The molecule has 1 aromatic rings. The van der Waals surface area contributed by atoms with Crippen LogP contribution < -0.4 is 0 Å². The van der Waals surface area contributed by atoms with E-state index in [4.69, 9.17) is 4.74 Å². The first kappa shape index (κ1) is 15.4. The minimum atomic E-state index is -3.54. The van der Waals surface area contributed by atoms with Crippen molar-refractivity contribution in [1.29, 1.82) is 0 Å². The van der Waals surface area contributed by atoms with Gasteiger partial charge in [0.1, 0.15) is 0 Å². The molecule has 1 aliphatic heterocycles. The fourth-order valence-corrected chi connectivity index (χ4v) is 3.65. The lowest BCUT2D eigenvalue weighted by Crippen LogP contribution is -2.59. The molecule has 7 heteroatoms. The van der Waals surface area contributed by atoms with Gasteiger partial charge >= 0.3 is 0 Å². The van der Waals surface area contributed by atoms with Gasteiger partial charge in [-0.3, -0.25) is 0 Å². The van der Waals surface area contributed by atoms with Crippen LogP contribution in [0.1, 0.15) is 5.56 Å². The van der Waals surface area contributed by atoms with Gasteiger partial charge in [0.05, 0.1) is 37.2 Å². The number of sulfonamides is 1. The molecule has 2 rings (SSSR count). The highest BCUT2D eigenvalue weighted by Crippen LogP contribution is 2.20. The molecule has 1 aromatic carbocycles. The average molecular weight is 301 g/mol. The zero-order valence-corrected chi connectivity index (χ0v) is 12.0. The normalized spacial score (nSPS) is 30.2. The Morgan fingerprint density at radius 1 is 1.30 bits per heavy atom. The van der Waals surface area contributed by atoms with E-state index in [-0.39, 0.29) is 6.61 Å². The van der Waals surface area contributed by atoms with E-state index in [0.29, 0.717) is 6.61 Å². The van der Waals surface area contributed by atoms with Gasteiger partial charge in [0.25, 0.3) is 0 Å². The van der Waals surface area contributed by atoms with Crippen molar-refractivity contribution in [1.82, 2.24) is 4.31 Å². The standard InChI is InChI=1S/C13H19NO5S/c1-14-11(13(16)12(15)9-20(14,17)18)8-19-7-10-5-3-2-4-6-10/h2-6,11-13,15-16H,7-9H2,1H3/t11-,12+,13-/m0/s1. The molecule has 0 spiro atoms. The molecule has 0 radical (unpaired) electrons. The van der Waals surface area contributed by atoms with Crippen LogP contribution in [0.4, 0.5) is 0 Å². The molecular formula is C13H19NO5S. The summed E-state index contributed by atoms with van der Waals surface area (Å²) in [5.41, 5.74) is 0.962. The number of aliphatic hydroxyl groups excluding tert-OH is 2. The first-order valence-corrected chi connectivity index (χ1v) is 7.96. The molecule has 20 heavy (non-hydrogen) atoms. The van der Waals surface area contributed by atoms with Crippen LogP contribution in [0.3, 0.4) is 0 Å². The summed E-state index contributed by atoms with van der Waals surface area (Å²) < 4.78 is 30.1. The summed E-state index contributed by atoms with van der Waals surface area (Å²) in [6, 6.07) is 8.68. The van der Waals surface area contributed by atoms with Crippen LogP contribution in [-0.2, 0) is 21.4 Å². The fourth-order valence-electron chi connectivity index (χ4n) is 2.19. The zero-order chi connectivity index (χ0) is 14.8. The van der Waals surface area contributed by atoms with Crippen LogP contribution in [0, 0.1) is 0 Å². The van der Waals surface area contributed by atoms with Crippen molar-refractivity contribution in [2.24, 2.45) is 0 Å². The van der Waals surface area contributed by atoms with Crippen LogP contribution in [-0.4, -0.2) is 60.6 Å². The van der Waals surface area contributed by atoms with Crippen molar-refractivity contribution < 1.29 is 23.4 Å². The van der Waals surface area contributed by atoms with Crippen LogP contribution in [0.5, 0.6) is 0 Å². The molecule has 1 saturated heterocycles.